The van der Waals surface area contributed by atoms with Crippen molar-refractivity contribution in [3.05, 3.63) is 72.6 Å². The van der Waals surface area contributed by atoms with Crippen molar-refractivity contribution in [2.24, 2.45) is 0 Å². The van der Waals surface area contributed by atoms with Gasteiger partial charge in [-0.15, -0.1) is 0 Å². The second-order valence-corrected chi connectivity index (χ2v) is 6.42. The van der Waals surface area contributed by atoms with E-state index in [-0.39, 0.29) is 6.10 Å². The average molecular weight is 348 g/mol. The van der Waals surface area contributed by atoms with E-state index in [4.69, 9.17) is 4.74 Å². The Morgan fingerprint density at radius 3 is 2.42 bits per heavy atom. The maximum absolute atomic E-state index is 5.67. The summed E-state index contributed by atoms with van der Waals surface area (Å²) < 4.78 is 5.67. The summed E-state index contributed by atoms with van der Waals surface area (Å²) in [5, 5.41) is 3.31. The minimum absolute atomic E-state index is 0.165. The maximum atomic E-state index is 5.67. The fourth-order valence-electron chi connectivity index (χ4n) is 2.60. The number of rotatable bonds is 7. The molecule has 5 nitrogen and oxygen atoms in total. The summed E-state index contributed by atoms with van der Waals surface area (Å²) >= 11 is 0. The number of aromatic nitrogens is 2. The maximum Gasteiger partial charge on any atom is 0.135 e. The van der Waals surface area contributed by atoms with Crippen LogP contribution in [0.15, 0.2) is 67.0 Å². The summed E-state index contributed by atoms with van der Waals surface area (Å²) in [6, 6.07) is 20.1. The Kier molecular flexibility index (Phi) is 5.69. The highest BCUT2D eigenvalue weighted by Crippen LogP contribution is 2.22. The molecule has 0 saturated carbocycles. The lowest BCUT2D eigenvalue weighted by Gasteiger charge is -2.18. The molecular weight excluding hydrogens is 324 g/mol. The zero-order valence-corrected chi connectivity index (χ0v) is 15.4. The first-order valence-corrected chi connectivity index (χ1v) is 8.71. The normalized spacial score (nSPS) is 10.6. The van der Waals surface area contributed by atoms with E-state index in [0.717, 1.165) is 29.6 Å². The van der Waals surface area contributed by atoms with Crippen molar-refractivity contribution in [2.45, 2.75) is 26.5 Å². The first-order valence-electron chi connectivity index (χ1n) is 8.71. The van der Waals surface area contributed by atoms with E-state index in [0.29, 0.717) is 0 Å². The molecule has 0 fully saturated rings. The molecule has 0 aliphatic heterocycles. The molecule has 0 atom stereocenters. The number of ether oxygens (including phenoxy) is 1. The topological polar surface area (TPSA) is 50.3 Å². The predicted molar refractivity (Wildman–Crippen MR) is 106 cm³/mol. The van der Waals surface area contributed by atoms with Crippen LogP contribution in [-0.4, -0.2) is 23.1 Å². The number of hydrogen-bond donors (Lipinski definition) is 1. The van der Waals surface area contributed by atoms with Gasteiger partial charge in [0.05, 0.1) is 6.10 Å². The lowest BCUT2D eigenvalue weighted by atomic mass is 10.2. The molecule has 0 saturated heterocycles. The fraction of sp³-hybridized carbons (Fsp3) is 0.238. The van der Waals surface area contributed by atoms with Gasteiger partial charge in [-0.1, -0.05) is 30.3 Å². The summed E-state index contributed by atoms with van der Waals surface area (Å²) in [7, 11) is 2.02. The summed E-state index contributed by atoms with van der Waals surface area (Å²) in [5.41, 5.74) is 2.19. The van der Waals surface area contributed by atoms with Crippen LogP contribution in [0.25, 0.3) is 0 Å². The van der Waals surface area contributed by atoms with Gasteiger partial charge in [0, 0.05) is 25.3 Å². The molecule has 0 aliphatic carbocycles. The van der Waals surface area contributed by atoms with Crippen LogP contribution in [-0.2, 0) is 6.54 Å². The van der Waals surface area contributed by atoms with E-state index in [9.17, 15) is 0 Å². The molecule has 0 unspecified atom stereocenters. The minimum atomic E-state index is 0.165. The van der Waals surface area contributed by atoms with Crippen LogP contribution in [0, 0.1) is 0 Å². The summed E-state index contributed by atoms with van der Waals surface area (Å²) in [4.78, 5) is 10.8. The SMILES string of the molecule is CC(C)Oc1ccc(Nc2cc(N(C)Cc3ccccc3)ncn2)cc1. The largest absolute Gasteiger partial charge is 0.491 e. The third-order valence-corrected chi connectivity index (χ3v) is 3.80. The Labute approximate surface area is 154 Å². The van der Waals surface area contributed by atoms with Crippen LogP contribution in [0.5, 0.6) is 5.75 Å². The molecule has 0 aliphatic rings. The van der Waals surface area contributed by atoms with Gasteiger partial charge in [0.1, 0.15) is 23.7 Å². The Bertz CT molecular complexity index is 819. The average Bonchev–Trinajstić information content (AvgIpc) is 2.64. The van der Waals surface area contributed by atoms with Crippen LogP contribution in [0.3, 0.4) is 0 Å². The van der Waals surface area contributed by atoms with Crippen LogP contribution in [0.2, 0.25) is 0 Å². The van der Waals surface area contributed by atoms with Crippen LogP contribution in [0.4, 0.5) is 17.3 Å². The molecular formula is C21H24N4O. The van der Waals surface area contributed by atoms with Gasteiger partial charge in [0.25, 0.3) is 0 Å². The van der Waals surface area contributed by atoms with Crippen LogP contribution in [0.1, 0.15) is 19.4 Å². The summed E-state index contributed by atoms with van der Waals surface area (Å²) in [6.07, 6.45) is 1.74. The molecule has 134 valence electrons. The van der Waals surface area contributed by atoms with Gasteiger partial charge in [0.2, 0.25) is 0 Å². The van der Waals surface area contributed by atoms with Crippen molar-refractivity contribution >= 4 is 17.3 Å². The number of anilines is 3. The Morgan fingerprint density at radius 2 is 1.73 bits per heavy atom. The van der Waals surface area contributed by atoms with Gasteiger partial charge in [-0.3, -0.25) is 0 Å². The second-order valence-electron chi connectivity index (χ2n) is 6.42. The molecule has 1 aromatic heterocycles. The molecule has 0 bridgehead atoms. The molecule has 26 heavy (non-hydrogen) atoms. The van der Waals surface area contributed by atoms with E-state index >= 15 is 0 Å². The number of hydrogen-bond acceptors (Lipinski definition) is 5. The Hall–Kier alpha value is -3.08. The lowest BCUT2D eigenvalue weighted by Crippen LogP contribution is -2.17. The van der Waals surface area contributed by atoms with Crippen LogP contribution < -0.4 is 15.0 Å². The third-order valence-electron chi connectivity index (χ3n) is 3.80. The van der Waals surface area contributed by atoms with Gasteiger partial charge in [-0.25, -0.2) is 9.97 Å². The van der Waals surface area contributed by atoms with E-state index in [1.165, 1.54) is 5.56 Å². The Balaban J connectivity index is 1.67. The predicted octanol–water partition coefficient (Wildman–Crippen LogP) is 4.64. The molecule has 0 radical (unpaired) electrons. The molecule has 1 heterocycles. The quantitative estimate of drug-likeness (QED) is 0.674. The van der Waals surface area contributed by atoms with Crippen molar-refractivity contribution in [1.82, 2.24) is 9.97 Å². The molecule has 3 rings (SSSR count). The van der Waals surface area contributed by atoms with Gasteiger partial charge >= 0.3 is 0 Å². The van der Waals surface area contributed by atoms with Crippen molar-refractivity contribution in [2.75, 3.05) is 17.3 Å². The fourth-order valence-corrected chi connectivity index (χ4v) is 2.60. The monoisotopic (exact) mass is 348 g/mol. The van der Waals surface area contributed by atoms with Crippen molar-refractivity contribution in [1.29, 1.82) is 0 Å². The second kappa shape index (κ2) is 8.34. The molecule has 0 spiro atoms. The minimum Gasteiger partial charge on any atom is -0.491 e. The number of nitrogens with zero attached hydrogens (tertiary/aromatic N) is 3. The van der Waals surface area contributed by atoms with E-state index < -0.39 is 0 Å². The first kappa shape index (κ1) is 17.7. The molecule has 2 aromatic carbocycles. The molecule has 3 aromatic rings. The summed E-state index contributed by atoms with van der Waals surface area (Å²) in [6.45, 7) is 4.82. The standard InChI is InChI=1S/C21H24N4O/c1-16(2)26-19-11-9-18(10-12-19)24-20-13-21(23-15-22-20)25(3)14-17-7-5-4-6-8-17/h4-13,15-16H,14H2,1-3H3,(H,22,23,24). The molecule has 1 N–H and O–H groups in total. The van der Waals surface area contributed by atoms with E-state index in [2.05, 4.69) is 32.3 Å². The van der Waals surface area contributed by atoms with Gasteiger partial charge in [-0.2, -0.15) is 0 Å². The van der Waals surface area contributed by atoms with E-state index in [1.807, 2.05) is 69.4 Å². The number of benzene rings is 2. The lowest BCUT2D eigenvalue weighted by molar-refractivity contribution is 0.242. The highest BCUT2D eigenvalue weighted by Gasteiger charge is 2.06. The zero-order valence-electron chi connectivity index (χ0n) is 15.4. The zero-order chi connectivity index (χ0) is 18.4. The molecule has 0 amide bonds. The van der Waals surface area contributed by atoms with Crippen LogP contribution >= 0.6 is 0 Å². The Morgan fingerprint density at radius 1 is 1.00 bits per heavy atom. The van der Waals surface area contributed by atoms with Crippen molar-refractivity contribution < 1.29 is 4.74 Å². The highest BCUT2D eigenvalue weighted by atomic mass is 16.5. The first-order chi connectivity index (χ1) is 12.6. The molecule has 5 heteroatoms. The number of nitrogens with one attached hydrogen (secondary N) is 1. The smallest absolute Gasteiger partial charge is 0.135 e. The van der Waals surface area contributed by atoms with E-state index in [1.54, 1.807) is 6.33 Å². The third kappa shape index (κ3) is 4.96. The van der Waals surface area contributed by atoms with Gasteiger partial charge in [0.15, 0.2) is 0 Å². The van der Waals surface area contributed by atoms with Gasteiger partial charge < -0.3 is 15.0 Å². The summed E-state index contributed by atoms with van der Waals surface area (Å²) in [5.74, 6) is 2.48. The van der Waals surface area contributed by atoms with Gasteiger partial charge in [-0.05, 0) is 43.7 Å². The van der Waals surface area contributed by atoms with Crippen molar-refractivity contribution in [3.63, 3.8) is 0 Å². The van der Waals surface area contributed by atoms with Crippen molar-refractivity contribution in [3.8, 4) is 5.75 Å². The highest BCUT2D eigenvalue weighted by molar-refractivity contribution is 5.60.